The van der Waals surface area contributed by atoms with Crippen LogP contribution >= 0.6 is 15.9 Å². The van der Waals surface area contributed by atoms with Crippen molar-refractivity contribution >= 4 is 27.5 Å². The van der Waals surface area contributed by atoms with E-state index in [0.29, 0.717) is 17.8 Å². The lowest BCUT2D eigenvalue weighted by Crippen LogP contribution is -3.08. The van der Waals surface area contributed by atoms with E-state index in [1.54, 1.807) is 26.2 Å². The van der Waals surface area contributed by atoms with Crippen LogP contribution in [0.1, 0.15) is 11.1 Å². The quantitative estimate of drug-likeness (QED) is 0.789. The molecule has 0 aliphatic heterocycles. The second-order valence-corrected chi connectivity index (χ2v) is 6.69. The average molecular weight is 396 g/mol. The second-order valence-electron chi connectivity index (χ2n) is 5.78. The van der Waals surface area contributed by atoms with Crippen LogP contribution < -0.4 is 15.0 Å². The Morgan fingerprint density at radius 3 is 2.71 bits per heavy atom. The van der Waals surface area contributed by atoms with Crippen LogP contribution in [-0.2, 0) is 11.3 Å². The van der Waals surface area contributed by atoms with Gasteiger partial charge in [-0.15, -0.1) is 0 Å². The van der Waals surface area contributed by atoms with Crippen LogP contribution in [0.3, 0.4) is 0 Å². The van der Waals surface area contributed by atoms with Gasteiger partial charge in [-0.25, -0.2) is 4.39 Å². The van der Waals surface area contributed by atoms with Crippen molar-refractivity contribution in [3.63, 3.8) is 0 Å². The van der Waals surface area contributed by atoms with Crippen molar-refractivity contribution in [3.05, 3.63) is 57.8 Å². The third kappa shape index (κ3) is 5.04. The average Bonchev–Trinajstić information content (AvgIpc) is 2.51. The number of amides is 1. The van der Waals surface area contributed by atoms with Gasteiger partial charge in [-0.3, -0.25) is 4.79 Å². The predicted octanol–water partition coefficient (Wildman–Crippen LogP) is 2.56. The van der Waals surface area contributed by atoms with Crippen LogP contribution in [0.4, 0.5) is 10.1 Å². The normalized spacial score (nSPS) is 11.9. The van der Waals surface area contributed by atoms with E-state index >= 15 is 0 Å². The number of aryl methyl sites for hydroxylation is 1. The fourth-order valence-corrected chi connectivity index (χ4v) is 2.83. The van der Waals surface area contributed by atoms with E-state index < -0.39 is 0 Å². The molecule has 0 fully saturated rings. The monoisotopic (exact) mass is 395 g/mol. The minimum atomic E-state index is -0.327. The van der Waals surface area contributed by atoms with Gasteiger partial charge in [-0.2, -0.15) is 0 Å². The first-order valence-electron chi connectivity index (χ1n) is 7.58. The molecule has 1 atom stereocenters. The molecular weight excluding hydrogens is 375 g/mol. The van der Waals surface area contributed by atoms with Crippen LogP contribution in [0.5, 0.6) is 5.75 Å². The third-order valence-corrected chi connectivity index (χ3v) is 4.15. The fraction of sp³-hybridized carbons (Fsp3) is 0.278. The number of hydrogen-bond donors (Lipinski definition) is 2. The van der Waals surface area contributed by atoms with Crippen LogP contribution in [0.2, 0.25) is 0 Å². The molecule has 2 rings (SSSR count). The summed E-state index contributed by atoms with van der Waals surface area (Å²) in [5.41, 5.74) is 2.03. The Balaban J connectivity index is 1.96. The van der Waals surface area contributed by atoms with Crippen molar-refractivity contribution in [3.8, 4) is 5.75 Å². The van der Waals surface area contributed by atoms with Crippen molar-refractivity contribution in [1.29, 1.82) is 0 Å². The minimum absolute atomic E-state index is 0.162. The summed E-state index contributed by atoms with van der Waals surface area (Å²) in [7, 11) is 3.55. The highest BCUT2D eigenvalue weighted by molar-refractivity contribution is 9.10. The number of halogens is 2. The van der Waals surface area contributed by atoms with E-state index in [4.69, 9.17) is 4.74 Å². The van der Waals surface area contributed by atoms with Gasteiger partial charge in [0.15, 0.2) is 6.54 Å². The van der Waals surface area contributed by atoms with Crippen LogP contribution in [0.25, 0.3) is 0 Å². The molecule has 0 radical (unpaired) electrons. The molecule has 0 spiro atoms. The lowest BCUT2D eigenvalue weighted by Gasteiger charge is -2.16. The van der Waals surface area contributed by atoms with Gasteiger partial charge in [-0.05, 0) is 42.8 Å². The molecule has 128 valence electrons. The van der Waals surface area contributed by atoms with E-state index in [-0.39, 0.29) is 18.3 Å². The largest absolute Gasteiger partial charge is 0.496 e. The summed E-state index contributed by atoms with van der Waals surface area (Å²) < 4.78 is 19.8. The number of carbonyl (C=O) groups is 1. The Labute approximate surface area is 149 Å². The molecular formula is C18H21BrFN2O2+. The van der Waals surface area contributed by atoms with Gasteiger partial charge in [0.25, 0.3) is 5.91 Å². The number of methoxy groups -OCH3 is 1. The number of benzene rings is 2. The molecule has 2 aromatic carbocycles. The Morgan fingerprint density at radius 1 is 1.29 bits per heavy atom. The molecule has 2 N–H and O–H groups in total. The highest BCUT2D eigenvalue weighted by Crippen LogP contribution is 2.22. The standard InChI is InChI=1S/C18H20BrFN2O2/c1-12-4-6-15(9-16(12)20)21-18(23)11-22(2)10-13-8-14(19)5-7-17(13)24-3/h4-9H,10-11H2,1-3H3,(H,21,23)/p+1. The number of ether oxygens (including phenoxy) is 1. The number of carbonyl (C=O) groups excluding carboxylic acids is 1. The van der Waals surface area contributed by atoms with Gasteiger partial charge in [-0.1, -0.05) is 22.0 Å². The van der Waals surface area contributed by atoms with E-state index in [2.05, 4.69) is 21.2 Å². The molecule has 1 unspecified atom stereocenters. The van der Waals surface area contributed by atoms with Gasteiger partial charge < -0.3 is 15.0 Å². The van der Waals surface area contributed by atoms with Gasteiger partial charge in [0, 0.05) is 15.7 Å². The maximum absolute atomic E-state index is 13.5. The maximum atomic E-state index is 13.5. The zero-order chi connectivity index (χ0) is 17.7. The van der Waals surface area contributed by atoms with Gasteiger partial charge in [0.05, 0.1) is 14.2 Å². The molecule has 0 bridgehead atoms. The van der Waals surface area contributed by atoms with Crippen molar-refractivity contribution in [1.82, 2.24) is 0 Å². The predicted molar refractivity (Wildman–Crippen MR) is 95.9 cm³/mol. The first kappa shape index (κ1) is 18.4. The second kappa shape index (κ2) is 8.26. The SMILES string of the molecule is COc1ccc(Br)cc1C[NH+](C)CC(=O)Nc1ccc(C)c(F)c1. The lowest BCUT2D eigenvalue weighted by molar-refractivity contribution is -0.885. The number of nitrogens with one attached hydrogen (secondary N) is 2. The Bertz CT molecular complexity index is 737. The zero-order valence-electron chi connectivity index (χ0n) is 14.0. The number of quaternary nitrogens is 1. The van der Waals surface area contributed by atoms with E-state index in [1.165, 1.54) is 6.07 Å². The van der Waals surface area contributed by atoms with E-state index in [1.807, 2.05) is 25.2 Å². The summed E-state index contributed by atoms with van der Waals surface area (Å²) in [4.78, 5) is 13.1. The summed E-state index contributed by atoms with van der Waals surface area (Å²) in [6.07, 6.45) is 0. The third-order valence-electron chi connectivity index (χ3n) is 3.65. The molecule has 1 amide bonds. The molecule has 0 aliphatic carbocycles. The summed E-state index contributed by atoms with van der Waals surface area (Å²) in [6.45, 7) is 2.59. The summed E-state index contributed by atoms with van der Waals surface area (Å²) in [5.74, 6) is 0.302. The van der Waals surface area contributed by atoms with Gasteiger partial charge in [0.1, 0.15) is 18.1 Å². The molecule has 0 aromatic heterocycles. The number of hydrogen-bond acceptors (Lipinski definition) is 2. The summed E-state index contributed by atoms with van der Waals surface area (Å²) in [6, 6.07) is 10.5. The molecule has 0 saturated carbocycles. The fourth-order valence-electron chi connectivity index (χ4n) is 2.42. The molecule has 4 nitrogen and oxygen atoms in total. The number of rotatable bonds is 6. The number of anilines is 1. The first-order chi connectivity index (χ1) is 11.4. The smallest absolute Gasteiger partial charge is 0.279 e. The van der Waals surface area contributed by atoms with Crippen molar-refractivity contribution in [2.45, 2.75) is 13.5 Å². The number of likely N-dealkylation sites (N-methyl/N-ethyl adjacent to an activating group) is 1. The van der Waals surface area contributed by atoms with E-state index in [0.717, 1.165) is 20.7 Å². The van der Waals surface area contributed by atoms with Gasteiger partial charge in [0.2, 0.25) is 0 Å². The minimum Gasteiger partial charge on any atom is -0.496 e. The molecule has 6 heteroatoms. The van der Waals surface area contributed by atoms with Crippen LogP contribution in [0.15, 0.2) is 40.9 Å². The van der Waals surface area contributed by atoms with E-state index in [9.17, 15) is 9.18 Å². The van der Waals surface area contributed by atoms with Crippen LogP contribution in [0, 0.1) is 12.7 Å². The topological polar surface area (TPSA) is 42.8 Å². The molecule has 24 heavy (non-hydrogen) atoms. The van der Waals surface area contributed by atoms with Crippen molar-refractivity contribution in [2.24, 2.45) is 0 Å². The summed E-state index contributed by atoms with van der Waals surface area (Å²) in [5, 5.41) is 2.73. The Hall–Kier alpha value is -1.92. The molecule has 0 aliphatic rings. The molecule has 2 aromatic rings. The maximum Gasteiger partial charge on any atom is 0.279 e. The van der Waals surface area contributed by atoms with Crippen molar-refractivity contribution < 1.29 is 18.8 Å². The van der Waals surface area contributed by atoms with Gasteiger partial charge >= 0.3 is 0 Å². The molecule has 0 heterocycles. The Kier molecular flexibility index (Phi) is 6.34. The highest BCUT2D eigenvalue weighted by Gasteiger charge is 2.14. The Morgan fingerprint density at radius 2 is 2.04 bits per heavy atom. The highest BCUT2D eigenvalue weighted by atomic mass is 79.9. The molecule has 0 saturated heterocycles. The lowest BCUT2D eigenvalue weighted by atomic mass is 10.2. The van der Waals surface area contributed by atoms with Crippen LogP contribution in [-0.4, -0.2) is 26.6 Å². The summed E-state index contributed by atoms with van der Waals surface area (Å²) >= 11 is 3.44. The zero-order valence-corrected chi connectivity index (χ0v) is 15.5. The van der Waals surface area contributed by atoms with Crippen molar-refractivity contribution in [2.75, 3.05) is 26.0 Å². The first-order valence-corrected chi connectivity index (χ1v) is 8.38.